The van der Waals surface area contributed by atoms with Gasteiger partial charge in [-0.05, 0) is 19.1 Å². The van der Waals surface area contributed by atoms with Crippen molar-refractivity contribution in [3.05, 3.63) is 35.4 Å². The summed E-state index contributed by atoms with van der Waals surface area (Å²) in [7, 11) is 0. The third-order valence-corrected chi connectivity index (χ3v) is 2.85. The number of aryl methyl sites for hydroxylation is 1. The van der Waals surface area contributed by atoms with Crippen molar-refractivity contribution in [1.82, 2.24) is 0 Å². The normalized spacial score (nSPS) is 27.2. The predicted molar refractivity (Wildman–Crippen MR) is 63.0 cm³/mol. The molecular weight excluding hydrogens is 236 g/mol. The molecule has 0 saturated carbocycles. The number of ether oxygens (including phenoxy) is 2. The third kappa shape index (κ3) is 3.07. The smallest absolute Gasteiger partial charge is 0.338 e. The Balaban J connectivity index is 1.84. The van der Waals surface area contributed by atoms with Crippen LogP contribution in [0, 0.1) is 6.92 Å². The lowest BCUT2D eigenvalue weighted by atomic mass is 10.1. The Bertz CT molecular complexity index is 404. The molecule has 0 aromatic heterocycles. The number of benzene rings is 1. The SMILES string of the molecule is Cc1ccc(C(=O)OC[C@H]2C[C@@H](O)[C@H](O)O2)cc1. The number of rotatable bonds is 3. The first-order valence-electron chi connectivity index (χ1n) is 5.81. The Hall–Kier alpha value is -1.43. The fourth-order valence-corrected chi connectivity index (χ4v) is 1.78. The fourth-order valence-electron chi connectivity index (χ4n) is 1.78. The fraction of sp³-hybridized carbons (Fsp3) is 0.462. The van der Waals surface area contributed by atoms with E-state index in [0.717, 1.165) is 5.56 Å². The molecule has 1 aliphatic heterocycles. The topological polar surface area (TPSA) is 76.0 Å². The molecule has 1 aromatic rings. The molecule has 1 fully saturated rings. The largest absolute Gasteiger partial charge is 0.459 e. The van der Waals surface area contributed by atoms with E-state index in [1.807, 2.05) is 19.1 Å². The van der Waals surface area contributed by atoms with Crippen LogP contribution < -0.4 is 0 Å². The highest BCUT2D eigenvalue weighted by atomic mass is 16.6. The number of hydrogen-bond acceptors (Lipinski definition) is 5. The van der Waals surface area contributed by atoms with Crippen LogP contribution in [0.3, 0.4) is 0 Å². The lowest BCUT2D eigenvalue weighted by Gasteiger charge is -2.10. The van der Waals surface area contributed by atoms with Crippen LogP contribution in [-0.4, -0.2) is 41.3 Å². The van der Waals surface area contributed by atoms with Crippen molar-refractivity contribution < 1.29 is 24.5 Å². The van der Waals surface area contributed by atoms with E-state index in [-0.39, 0.29) is 13.0 Å². The average Bonchev–Trinajstić information content (AvgIpc) is 2.67. The van der Waals surface area contributed by atoms with Gasteiger partial charge in [0.05, 0.1) is 11.7 Å². The Morgan fingerprint density at radius 3 is 2.61 bits per heavy atom. The highest BCUT2D eigenvalue weighted by molar-refractivity contribution is 5.89. The Labute approximate surface area is 105 Å². The molecule has 0 bridgehead atoms. The first-order chi connectivity index (χ1) is 8.56. The van der Waals surface area contributed by atoms with Crippen LogP contribution in [0.2, 0.25) is 0 Å². The summed E-state index contributed by atoms with van der Waals surface area (Å²) in [6.07, 6.45) is -2.28. The number of carbonyl (C=O) groups is 1. The molecule has 0 unspecified atom stereocenters. The maximum atomic E-state index is 11.7. The predicted octanol–water partition coefficient (Wildman–Crippen LogP) is 0.620. The van der Waals surface area contributed by atoms with Gasteiger partial charge in [0.25, 0.3) is 0 Å². The Morgan fingerprint density at radius 2 is 2.06 bits per heavy atom. The first kappa shape index (κ1) is 13.0. The van der Waals surface area contributed by atoms with Gasteiger partial charge in [-0.2, -0.15) is 0 Å². The summed E-state index contributed by atoms with van der Waals surface area (Å²) in [5.74, 6) is -0.436. The van der Waals surface area contributed by atoms with E-state index in [1.54, 1.807) is 12.1 Å². The second-order valence-corrected chi connectivity index (χ2v) is 4.42. The number of esters is 1. The molecule has 1 saturated heterocycles. The minimum absolute atomic E-state index is 0.0286. The molecule has 98 valence electrons. The van der Waals surface area contributed by atoms with Crippen LogP contribution in [-0.2, 0) is 9.47 Å². The maximum Gasteiger partial charge on any atom is 0.338 e. The van der Waals surface area contributed by atoms with Gasteiger partial charge in [0.15, 0.2) is 6.29 Å². The molecule has 1 heterocycles. The molecule has 1 aliphatic rings. The van der Waals surface area contributed by atoms with Crippen molar-refractivity contribution in [2.45, 2.75) is 31.8 Å². The van der Waals surface area contributed by atoms with Gasteiger partial charge in [0.2, 0.25) is 0 Å². The van der Waals surface area contributed by atoms with Crippen LogP contribution in [0.4, 0.5) is 0 Å². The molecule has 5 heteroatoms. The minimum atomic E-state index is -1.19. The lowest BCUT2D eigenvalue weighted by molar-refractivity contribution is -0.133. The first-order valence-corrected chi connectivity index (χ1v) is 5.81. The Kier molecular flexibility index (Phi) is 3.96. The van der Waals surface area contributed by atoms with Crippen LogP contribution in [0.25, 0.3) is 0 Å². The van der Waals surface area contributed by atoms with Gasteiger partial charge in [-0.3, -0.25) is 0 Å². The monoisotopic (exact) mass is 252 g/mol. The van der Waals surface area contributed by atoms with Gasteiger partial charge < -0.3 is 19.7 Å². The molecule has 1 aromatic carbocycles. The molecule has 0 spiro atoms. The highest BCUT2D eigenvalue weighted by Crippen LogP contribution is 2.19. The molecule has 3 atom stereocenters. The summed E-state index contributed by atoms with van der Waals surface area (Å²) in [6, 6.07) is 7.04. The van der Waals surface area contributed by atoms with Gasteiger partial charge in [-0.25, -0.2) is 4.79 Å². The molecule has 5 nitrogen and oxygen atoms in total. The summed E-state index contributed by atoms with van der Waals surface area (Å²) in [5, 5.41) is 18.4. The second kappa shape index (κ2) is 5.48. The summed E-state index contributed by atoms with van der Waals surface area (Å²) >= 11 is 0. The van der Waals surface area contributed by atoms with Crippen molar-refractivity contribution in [2.24, 2.45) is 0 Å². The van der Waals surface area contributed by atoms with Crippen molar-refractivity contribution in [3.8, 4) is 0 Å². The summed E-state index contributed by atoms with van der Waals surface area (Å²) < 4.78 is 10.1. The molecular formula is C13H16O5. The molecule has 2 N–H and O–H groups in total. The van der Waals surface area contributed by atoms with Crippen molar-refractivity contribution in [3.63, 3.8) is 0 Å². The zero-order valence-electron chi connectivity index (χ0n) is 10.1. The van der Waals surface area contributed by atoms with Crippen molar-refractivity contribution in [1.29, 1.82) is 0 Å². The van der Waals surface area contributed by atoms with E-state index >= 15 is 0 Å². The van der Waals surface area contributed by atoms with E-state index in [9.17, 15) is 9.90 Å². The zero-order valence-corrected chi connectivity index (χ0v) is 10.1. The van der Waals surface area contributed by atoms with Crippen molar-refractivity contribution >= 4 is 5.97 Å². The second-order valence-electron chi connectivity index (χ2n) is 4.42. The molecule has 0 aliphatic carbocycles. The highest BCUT2D eigenvalue weighted by Gasteiger charge is 2.33. The minimum Gasteiger partial charge on any atom is -0.459 e. The summed E-state index contributed by atoms with van der Waals surface area (Å²) in [5.41, 5.74) is 1.54. The van der Waals surface area contributed by atoms with Crippen LogP contribution in [0.15, 0.2) is 24.3 Å². The van der Waals surface area contributed by atoms with Crippen LogP contribution >= 0.6 is 0 Å². The average molecular weight is 252 g/mol. The molecule has 18 heavy (non-hydrogen) atoms. The molecule has 0 amide bonds. The number of hydrogen-bond donors (Lipinski definition) is 2. The third-order valence-electron chi connectivity index (χ3n) is 2.85. The van der Waals surface area contributed by atoms with Crippen molar-refractivity contribution in [2.75, 3.05) is 6.61 Å². The van der Waals surface area contributed by atoms with E-state index in [1.165, 1.54) is 0 Å². The van der Waals surface area contributed by atoms with E-state index in [4.69, 9.17) is 14.6 Å². The summed E-state index contributed by atoms with van der Waals surface area (Å²) in [6.45, 7) is 1.96. The van der Waals surface area contributed by atoms with E-state index < -0.39 is 24.5 Å². The molecule has 2 rings (SSSR count). The Morgan fingerprint density at radius 1 is 1.39 bits per heavy atom. The molecule has 0 radical (unpaired) electrons. The number of aliphatic hydroxyl groups excluding tert-OH is 2. The van der Waals surface area contributed by atoms with Gasteiger partial charge in [-0.1, -0.05) is 17.7 Å². The van der Waals surface area contributed by atoms with Crippen LogP contribution in [0.5, 0.6) is 0 Å². The van der Waals surface area contributed by atoms with Gasteiger partial charge >= 0.3 is 5.97 Å². The standard InChI is InChI=1S/C13H16O5/c1-8-2-4-9(5-3-8)12(15)17-7-10-6-11(14)13(16)18-10/h2-5,10-11,13-14,16H,6-7H2,1H3/t10-,11-,13-/m1/s1. The zero-order chi connectivity index (χ0) is 13.1. The number of aliphatic hydroxyl groups is 2. The lowest BCUT2D eigenvalue weighted by Crippen LogP contribution is -2.20. The van der Waals surface area contributed by atoms with Crippen LogP contribution in [0.1, 0.15) is 22.3 Å². The summed E-state index contributed by atoms with van der Waals surface area (Å²) in [4.78, 5) is 11.7. The van der Waals surface area contributed by atoms with E-state index in [2.05, 4.69) is 0 Å². The number of carbonyl (C=O) groups excluding carboxylic acids is 1. The van der Waals surface area contributed by atoms with Gasteiger partial charge in [-0.15, -0.1) is 0 Å². The quantitative estimate of drug-likeness (QED) is 0.771. The maximum absolute atomic E-state index is 11.7. The van der Waals surface area contributed by atoms with Gasteiger partial charge in [0.1, 0.15) is 12.7 Å². The van der Waals surface area contributed by atoms with E-state index in [0.29, 0.717) is 5.56 Å². The van der Waals surface area contributed by atoms with Gasteiger partial charge in [0, 0.05) is 6.42 Å².